The predicted octanol–water partition coefficient (Wildman–Crippen LogP) is 3.12. The monoisotopic (exact) mass is 336 g/mol. The normalized spacial score (nSPS) is 15.1. The summed E-state index contributed by atoms with van der Waals surface area (Å²) in [5.41, 5.74) is 2.48. The Morgan fingerprint density at radius 3 is 2.70 bits per heavy atom. The minimum Gasteiger partial charge on any atom is -0.326 e. The van der Waals surface area contributed by atoms with E-state index in [0.29, 0.717) is 17.8 Å². The van der Waals surface area contributed by atoms with Crippen molar-refractivity contribution in [3.8, 4) is 0 Å². The zero-order valence-corrected chi connectivity index (χ0v) is 14.5. The molecule has 2 N–H and O–H groups in total. The average Bonchev–Trinajstić information content (AvgIpc) is 2.49. The van der Waals surface area contributed by atoms with Gasteiger partial charge >= 0.3 is 0 Å². The molecule has 126 valence electrons. The van der Waals surface area contributed by atoms with Gasteiger partial charge in [0.25, 0.3) is 0 Å². The minimum absolute atomic E-state index is 0.210. The van der Waals surface area contributed by atoms with E-state index < -0.39 is 10.0 Å². The van der Waals surface area contributed by atoms with Crippen LogP contribution in [0.5, 0.6) is 0 Å². The Morgan fingerprint density at radius 2 is 2.04 bits per heavy atom. The van der Waals surface area contributed by atoms with Crippen LogP contribution in [0.25, 0.3) is 0 Å². The van der Waals surface area contributed by atoms with Crippen molar-refractivity contribution < 1.29 is 13.2 Å². The van der Waals surface area contributed by atoms with Crippen LogP contribution in [-0.4, -0.2) is 20.9 Å². The Balaban J connectivity index is 2.06. The van der Waals surface area contributed by atoms with Gasteiger partial charge in [-0.3, -0.25) is 4.79 Å². The molecule has 0 spiro atoms. The Kier molecular flexibility index (Phi) is 5.96. The van der Waals surface area contributed by atoms with E-state index in [4.69, 9.17) is 0 Å². The number of aryl methyl sites for hydroxylation is 1. The summed E-state index contributed by atoms with van der Waals surface area (Å²) in [5.74, 6) is -0.227. The Morgan fingerprint density at radius 1 is 1.26 bits per heavy atom. The third-order valence-electron chi connectivity index (χ3n) is 3.92. The highest BCUT2D eigenvalue weighted by molar-refractivity contribution is 7.89. The molecule has 1 aromatic rings. The number of hydrogen-bond donors (Lipinski definition) is 2. The molecule has 23 heavy (non-hydrogen) atoms. The standard InChI is InChI=1S/C17H24N2O3S/c1-13-8-9-16(19-14(2)20)12-17(13)23(21,22)18-11-10-15-6-4-3-5-7-15/h6,8-9,12,18H,3-5,7,10-11H2,1-2H3,(H,19,20). The van der Waals surface area contributed by atoms with Gasteiger partial charge in [0.2, 0.25) is 15.9 Å². The van der Waals surface area contributed by atoms with E-state index in [-0.39, 0.29) is 10.8 Å². The first-order valence-corrected chi connectivity index (χ1v) is 9.42. The number of nitrogens with one attached hydrogen (secondary N) is 2. The second-order valence-electron chi connectivity index (χ2n) is 5.92. The lowest BCUT2D eigenvalue weighted by molar-refractivity contribution is -0.114. The predicted molar refractivity (Wildman–Crippen MR) is 91.8 cm³/mol. The van der Waals surface area contributed by atoms with Crippen LogP contribution in [0.4, 0.5) is 5.69 Å². The topological polar surface area (TPSA) is 75.3 Å². The summed E-state index contributed by atoms with van der Waals surface area (Å²) in [6, 6.07) is 4.89. The number of amides is 1. The van der Waals surface area contributed by atoms with Gasteiger partial charge < -0.3 is 5.32 Å². The van der Waals surface area contributed by atoms with Crippen LogP contribution < -0.4 is 10.0 Å². The van der Waals surface area contributed by atoms with Crippen LogP contribution in [0, 0.1) is 6.92 Å². The quantitative estimate of drug-likeness (QED) is 0.784. The largest absolute Gasteiger partial charge is 0.326 e. The van der Waals surface area contributed by atoms with Gasteiger partial charge in [-0.2, -0.15) is 0 Å². The van der Waals surface area contributed by atoms with E-state index in [2.05, 4.69) is 16.1 Å². The summed E-state index contributed by atoms with van der Waals surface area (Å²) < 4.78 is 27.6. The molecular weight excluding hydrogens is 312 g/mol. The van der Waals surface area contributed by atoms with Crippen LogP contribution in [-0.2, 0) is 14.8 Å². The van der Waals surface area contributed by atoms with Gasteiger partial charge in [0.15, 0.2) is 0 Å². The number of benzene rings is 1. The number of allylic oxidation sites excluding steroid dienone is 1. The second-order valence-corrected chi connectivity index (χ2v) is 7.65. The van der Waals surface area contributed by atoms with Crippen molar-refractivity contribution in [2.24, 2.45) is 0 Å². The Labute approximate surface area is 138 Å². The summed E-state index contributed by atoms with van der Waals surface area (Å²) in [5, 5.41) is 2.61. The highest BCUT2D eigenvalue weighted by atomic mass is 32.2. The molecule has 0 aliphatic heterocycles. The van der Waals surface area contributed by atoms with E-state index in [9.17, 15) is 13.2 Å². The van der Waals surface area contributed by atoms with Crippen LogP contribution in [0.15, 0.2) is 34.7 Å². The first-order valence-electron chi connectivity index (χ1n) is 7.94. The van der Waals surface area contributed by atoms with Crippen LogP contribution >= 0.6 is 0 Å². The van der Waals surface area contributed by atoms with Crippen molar-refractivity contribution >= 4 is 21.6 Å². The van der Waals surface area contributed by atoms with E-state index in [0.717, 1.165) is 19.3 Å². The van der Waals surface area contributed by atoms with Crippen molar-refractivity contribution in [3.63, 3.8) is 0 Å². The Bertz CT molecular complexity index is 709. The summed E-state index contributed by atoms with van der Waals surface area (Å²) in [4.78, 5) is 11.3. The highest BCUT2D eigenvalue weighted by Gasteiger charge is 2.17. The van der Waals surface area contributed by atoms with E-state index in [1.165, 1.54) is 31.4 Å². The van der Waals surface area contributed by atoms with Crippen LogP contribution in [0.3, 0.4) is 0 Å². The molecule has 0 bridgehead atoms. The number of carbonyl (C=O) groups excluding carboxylic acids is 1. The lowest BCUT2D eigenvalue weighted by Gasteiger charge is -2.14. The number of sulfonamides is 1. The summed E-state index contributed by atoms with van der Waals surface area (Å²) in [6.07, 6.45) is 7.56. The van der Waals surface area contributed by atoms with Crippen molar-refractivity contribution in [1.82, 2.24) is 4.72 Å². The van der Waals surface area contributed by atoms with Gasteiger partial charge in [-0.05, 0) is 56.7 Å². The van der Waals surface area contributed by atoms with Crippen molar-refractivity contribution in [2.45, 2.75) is 50.8 Å². The molecule has 0 radical (unpaired) electrons. The van der Waals surface area contributed by atoms with Crippen molar-refractivity contribution in [2.75, 3.05) is 11.9 Å². The molecule has 1 aliphatic rings. The zero-order valence-electron chi connectivity index (χ0n) is 13.7. The molecule has 0 fully saturated rings. The van der Waals surface area contributed by atoms with Crippen molar-refractivity contribution in [1.29, 1.82) is 0 Å². The molecule has 0 aromatic heterocycles. The zero-order chi connectivity index (χ0) is 16.9. The fraction of sp³-hybridized carbons (Fsp3) is 0.471. The maximum absolute atomic E-state index is 12.5. The maximum atomic E-state index is 12.5. The fourth-order valence-corrected chi connectivity index (χ4v) is 4.03. The fourth-order valence-electron chi connectivity index (χ4n) is 2.73. The SMILES string of the molecule is CC(=O)Nc1ccc(C)c(S(=O)(=O)NCCC2=CCCCC2)c1. The molecule has 0 heterocycles. The van der Waals surface area contributed by atoms with Gasteiger partial charge in [0.05, 0.1) is 4.90 Å². The molecule has 1 amide bonds. The van der Waals surface area contributed by atoms with Gasteiger partial charge in [0.1, 0.15) is 0 Å². The summed E-state index contributed by atoms with van der Waals surface area (Å²) in [7, 11) is -3.58. The molecule has 0 saturated heterocycles. The highest BCUT2D eigenvalue weighted by Crippen LogP contribution is 2.22. The van der Waals surface area contributed by atoms with Crippen LogP contribution in [0.2, 0.25) is 0 Å². The lowest BCUT2D eigenvalue weighted by atomic mass is 9.97. The number of hydrogen-bond acceptors (Lipinski definition) is 3. The number of rotatable bonds is 6. The van der Waals surface area contributed by atoms with E-state index >= 15 is 0 Å². The third-order valence-corrected chi connectivity index (χ3v) is 5.52. The molecule has 2 rings (SSSR count). The van der Waals surface area contributed by atoms with E-state index in [1.807, 2.05) is 0 Å². The van der Waals surface area contributed by atoms with Gasteiger partial charge in [-0.25, -0.2) is 13.1 Å². The number of anilines is 1. The Hall–Kier alpha value is -1.66. The second kappa shape index (κ2) is 7.75. The van der Waals surface area contributed by atoms with Gasteiger partial charge in [0, 0.05) is 19.2 Å². The summed E-state index contributed by atoms with van der Waals surface area (Å²) in [6.45, 7) is 3.54. The molecular formula is C17H24N2O3S. The minimum atomic E-state index is -3.58. The maximum Gasteiger partial charge on any atom is 0.240 e. The molecule has 1 aromatic carbocycles. The first-order chi connectivity index (χ1) is 10.9. The molecule has 6 heteroatoms. The molecule has 0 unspecified atom stereocenters. The molecule has 0 saturated carbocycles. The van der Waals surface area contributed by atoms with Gasteiger partial charge in [-0.1, -0.05) is 17.7 Å². The average molecular weight is 336 g/mol. The van der Waals surface area contributed by atoms with Crippen LogP contribution in [0.1, 0.15) is 44.6 Å². The molecule has 1 aliphatic carbocycles. The number of carbonyl (C=O) groups is 1. The third kappa shape index (κ3) is 5.18. The van der Waals surface area contributed by atoms with E-state index in [1.54, 1.807) is 19.1 Å². The smallest absolute Gasteiger partial charge is 0.240 e. The van der Waals surface area contributed by atoms with Crippen molar-refractivity contribution in [3.05, 3.63) is 35.4 Å². The summed E-state index contributed by atoms with van der Waals surface area (Å²) >= 11 is 0. The van der Waals surface area contributed by atoms with Gasteiger partial charge in [-0.15, -0.1) is 0 Å². The first kappa shape index (κ1) is 17.7. The molecule has 5 nitrogen and oxygen atoms in total. The lowest BCUT2D eigenvalue weighted by Crippen LogP contribution is -2.26. The molecule has 0 atom stereocenters.